The van der Waals surface area contributed by atoms with Crippen molar-refractivity contribution in [2.75, 3.05) is 10.6 Å². The first-order valence-corrected chi connectivity index (χ1v) is 7.45. The van der Waals surface area contributed by atoms with Crippen molar-refractivity contribution in [3.05, 3.63) is 40.5 Å². The number of aromatic nitrogens is 2. The van der Waals surface area contributed by atoms with E-state index in [0.29, 0.717) is 10.7 Å². The fraction of sp³-hybridized carbons (Fsp3) is 0.333. The number of hydrogen-bond acceptors (Lipinski definition) is 4. The summed E-state index contributed by atoms with van der Waals surface area (Å²) in [6.07, 6.45) is -2.73. The topological polar surface area (TPSA) is 49.8 Å². The van der Waals surface area contributed by atoms with Crippen LogP contribution < -0.4 is 10.6 Å². The Balaban J connectivity index is 1.93. The highest BCUT2D eigenvalue weighted by Gasteiger charge is 2.34. The normalized spacial score (nSPS) is 14.7. The zero-order valence-corrected chi connectivity index (χ0v) is 13.0. The summed E-state index contributed by atoms with van der Waals surface area (Å²) in [5.41, 5.74) is 0.443. The molecule has 1 heterocycles. The Morgan fingerprint density at radius 1 is 1.17 bits per heavy atom. The zero-order chi connectivity index (χ0) is 16.6. The molecule has 0 spiro atoms. The van der Waals surface area contributed by atoms with Crippen molar-refractivity contribution in [3.63, 3.8) is 0 Å². The molecule has 2 N–H and O–H groups in total. The second-order valence-corrected chi connectivity index (χ2v) is 5.89. The highest BCUT2D eigenvalue weighted by molar-refractivity contribution is 6.33. The predicted molar refractivity (Wildman–Crippen MR) is 83.2 cm³/mol. The van der Waals surface area contributed by atoms with E-state index in [1.165, 1.54) is 0 Å². The lowest BCUT2D eigenvalue weighted by Gasteiger charge is -2.13. The summed E-state index contributed by atoms with van der Waals surface area (Å²) in [6, 6.07) is 6.24. The summed E-state index contributed by atoms with van der Waals surface area (Å²) in [6.45, 7) is 1.87. The number of anilines is 3. The molecule has 0 amide bonds. The van der Waals surface area contributed by atoms with Crippen LogP contribution in [0, 0.1) is 6.92 Å². The summed E-state index contributed by atoms with van der Waals surface area (Å²) in [5.74, 6) is 0.00860. The second-order valence-electron chi connectivity index (χ2n) is 5.49. The average molecular weight is 343 g/mol. The Morgan fingerprint density at radius 3 is 2.52 bits per heavy atom. The maximum absolute atomic E-state index is 13.0. The van der Waals surface area contributed by atoms with Gasteiger partial charge in [0.1, 0.15) is 5.82 Å². The van der Waals surface area contributed by atoms with Gasteiger partial charge in [0.05, 0.1) is 10.7 Å². The molecule has 1 aromatic carbocycles. The fourth-order valence-corrected chi connectivity index (χ4v) is 2.27. The number of hydrogen-bond donors (Lipinski definition) is 2. The van der Waals surface area contributed by atoms with E-state index >= 15 is 0 Å². The number of nitrogens with one attached hydrogen (secondary N) is 2. The predicted octanol–water partition coefficient (Wildman–Crippen LogP) is 4.78. The number of rotatable bonds is 4. The molecule has 1 aliphatic rings. The van der Waals surface area contributed by atoms with Crippen molar-refractivity contribution in [1.29, 1.82) is 0 Å². The molecule has 8 heteroatoms. The van der Waals surface area contributed by atoms with Gasteiger partial charge in [0, 0.05) is 12.1 Å². The first-order valence-electron chi connectivity index (χ1n) is 7.07. The smallest absolute Gasteiger partial charge is 0.351 e. The first-order chi connectivity index (χ1) is 10.8. The van der Waals surface area contributed by atoms with E-state index in [9.17, 15) is 13.2 Å². The Kier molecular flexibility index (Phi) is 4.06. The molecule has 1 fully saturated rings. The quantitative estimate of drug-likeness (QED) is 0.840. The lowest BCUT2D eigenvalue weighted by Crippen LogP contribution is -2.14. The molecule has 122 valence electrons. The largest absolute Gasteiger partial charge is 0.433 e. The molecule has 2 aromatic rings. The van der Waals surface area contributed by atoms with E-state index < -0.39 is 11.9 Å². The minimum atomic E-state index is -4.55. The van der Waals surface area contributed by atoms with Gasteiger partial charge in [-0.15, -0.1) is 0 Å². The van der Waals surface area contributed by atoms with Gasteiger partial charge in [0.25, 0.3) is 0 Å². The summed E-state index contributed by atoms with van der Waals surface area (Å²) in [4.78, 5) is 7.64. The Morgan fingerprint density at radius 2 is 1.91 bits per heavy atom. The third-order valence-corrected chi connectivity index (χ3v) is 3.63. The molecule has 1 saturated carbocycles. The van der Waals surface area contributed by atoms with Gasteiger partial charge in [-0.25, -0.2) is 4.98 Å². The highest BCUT2D eigenvalue weighted by Crippen LogP contribution is 2.33. The molecule has 0 radical (unpaired) electrons. The van der Waals surface area contributed by atoms with Gasteiger partial charge in [-0.2, -0.15) is 18.2 Å². The van der Waals surface area contributed by atoms with Crippen molar-refractivity contribution in [2.24, 2.45) is 0 Å². The average Bonchev–Trinajstić information content (AvgIpc) is 3.25. The Bertz CT molecular complexity index is 729. The van der Waals surface area contributed by atoms with E-state index in [2.05, 4.69) is 20.6 Å². The molecule has 3 rings (SSSR count). The zero-order valence-electron chi connectivity index (χ0n) is 12.2. The van der Waals surface area contributed by atoms with Gasteiger partial charge < -0.3 is 10.6 Å². The molecule has 0 aliphatic heterocycles. The molecule has 0 atom stereocenters. The van der Waals surface area contributed by atoms with E-state index in [1.807, 2.05) is 13.0 Å². The minimum Gasteiger partial charge on any atom is -0.351 e. The lowest BCUT2D eigenvalue weighted by atomic mass is 10.2. The SMILES string of the molecule is Cc1ccc(Nc2cc(C(F)(F)F)nc(NC3CC3)n2)c(Cl)c1. The van der Waals surface area contributed by atoms with E-state index in [4.69, 9.17) is 11.6 Å². The molecule has 0 saturated heterocycles. The standard InChI is InChI=1S/C15H14ClF3N4/c1-8-2-5-11(10(16)6-8)21-13-7-12(15(17,18)19)22-14(23-13)20-9-3-4-9/h2,5-7,9H,3-4H2,1H3,(H2,20,21,22,23). The lowest BCUT2D eigenvalue weighted by molar-refractivity contribution is -0.141. The third kappa shape index (κ3) is 4.04. The van der Waals surface area contributed by atoms with E-state index in [1.54, 1.807) is 12.1 Å². The molecule has 4 nitrogen and oxygen atoms in total. The van der Waals surface area contributed by atoms with Crippen LogP contribution in [0.4, 0.5) is 30.6 Å². The van der Waals surface area contributed by atoms with Gasteiger partial charge in [-0.05, 0) is 37.5 Å². The van der Waals surface area contributed by atoms with Crippen molar-refractivity contribution in [2.45, 2.75) is 32.0 Å². The minimum absolute atomic E-state index is 0.0342. The van der Waals surface area contributed by atoms with Crippen LogP contribution in [-0.2, 0) is 6.18 Å². The van der Waals surface area contributed by atoms with Crippen LogP contribution in [-0.4, -0.2) is 16.0 Å². The molecule has 23 heavy (non-hydrogen) atoms. The molecular formula is C15H14ClF3N4. The summed E-state index contributed by atoms with van der Waals surface area (Å²) in [7, 11) is 0. The molecule has 0 unspecified atom stereocenters. The van der Waals surface area contributed by atoms with Crippen LogP contribution in [0.15, 0.2) is 24.3 Å². The van der Waals surface area contributed by atoms with Gasteiger partial charge in [-0.3, -0.25) is 0 Å². The maximum atomic E-state index is 13.0. The Hall–Kier alpha value is -2.02. The second kappa shape index (κ2) is 5.88. The van der Waals surface area contributed by atoms with Gasteiger partial charge in [0.15, 0.2) is 5.69 Å². The van der Waals surface area contributed by atoms with Crippen LogP contribution in [0.25, 0.3) is 0 Å². The number of aryl methyl sites for hydroxylation is 1. The number of benzene rings is 1. The van der Waals surface area contributed by atoms with Gasteiger partial charge >= 0.3 is 6.18 Å². The van der Waals surface area contributed by atoms with Crippen molar-refractivity contribution < 1.29 is 13.2 Å². The van der Waals surface area contributed by atoms with E-state index in [-0.39, 0.29) is 17.8 Å². The molecule has 1 aromatic heterocycles. The Labute approximate surface area is 136 Å². The molecule has 1 aliphatic carbocycles. The molecular weight excluding hydrogens is 329 g/mol. The van der Waals surface area contributed by atoms with Crippen molar-refractivity contribution in [1.82, 2.24) is 9.97 Å². The van der Waals surface area contributed by atoms with Crippen LogP contribution in [0.2, 0.25) is 5.02 Å². The van der Waals surface area contributed by atoms with E-state index in [0.717, 1.165) is 24.5 Å². The monoisotopic (exact) mass is 342 g/mol. The van der Waals surface area contributed by atoms with Crippen molar-refractivity contribution >= 4 is 29.1 Å². The summed E-state index contributed by atoms with van der Waals surface area (Å²) < 4.78 is 39.0. The van der Waals surface area contributed by atoms with Crippen molar-refractivity contribution in [3.8, 4) is 0 Å². The number of alkyl halides is 3. The van der Waals surface area contributed by atoms with Crippen LogP contribution in [0.5, 0.6) is 0 Å². The number of nitrogens with zero attached hydrogens (tertiary/aromatic N) is 2. The third-order valence-electron chi connectivity index (χ3n) is 3.31. The fourth-order valence-electron chi connectivity index (χ4n) is 1.99. The molecule has 0 bridgehead atoms. The van der Waals surface area contributed by atoms with Crippen LogP contribution >= 0.6 is 11.6 Å². The summed E-state index contributed by atoms with van der Waals surface area (Å²) >= 11 is 6.10. The van der Waals surface area contributed by atoms with Gasteiger partial charge in [-0.1, -0.05) is 17.7 Å². The van der Waals surface area contributed by atoms with Crippen LogP contribution in [0.3, 0.4) is 0 Å². The summed E-state index contributed by atoms with van der Waals surface area (Å²) in [5, 5.41) is 6.12. The van der Waals surface area contributed by atoms with Gasteiger partial charge in [0.2, 0.25) is 5.95 Å². The number of halogens is 4. The van der Waals surface area contributed by atoms with Crippen LogP contribution in [0.1, 0.15) is 24.1 Å². The first kappa shape index (κ1) is 15.9. The highest BCUT2D eigenvalue weighted by atomic mass is 35.5. The maximum Gasteiger partial charge on any atom is 0.433 e.